The molecular weight excluding hydrogens is 19900 g/mol. The minimum Gasteiger partial charge on any atom is 0 e. The Bertz CT molecular complexity index is 8.19. The van der Waals surface area contributed by atoms with Crippen molar-refractivity contribution in [1.29, 1.82) is 0 Å². The molecule has 0 bridgehead atoms. The first-order chi connectivity index (χ1) is 0. The van der Waals surface area contributed by atoms with Gasteiger partial charge in [0.05, 0.1) is 0 Å². The normalized spacial score (nSPS) is 0. The van der Waals surface area contributed by atoms with E-state index in [-0.39, 0.29) is 2290 Å². The second kappa shape index (κ2) is 1060. The first kappa shape index (κ1) is 1080. The van der Waals surface area contributed by atoms with Crippen molar-refractivity contribution in [3.63, 3.8) is 0 Å². The first-order valence-electron chi connectivity index (χ1n) is 0. The quantitative estimate of drug-likeness (QED) is 0.314. The van der Waals surface area contributed by atoms with Crippen LogP contribution in [-0.4, -0.2) is 0 Å². The van der Waals surface area contributed by atoms with Crippen LogP contribution in [0, 0.1) is 31.1 Å². The van der Waals surface area contributed by atoms with Crippen molar-refractivity contribution < 1.29 is 2290 Å². The van der Waals surface area contributed by atoms with Crippen molar-refractivity contribution in [2.24, 2.45) is 0 Å². The van der Waals surface area contributed by atoms with Crippen LogP contribution in [0.3, 0.4) is 0 Å². The second-order valence-electron chi connectivity index (χ2n) is 0. The summed E-state index contributed by atoms with van der Waals surface area (Å²) >= 11 is 0. The molecule has 0 aromatic rings. The zero-order valence-electron chi connectivity index (χ0n) is 44.2. The van der Waals surface area contributed by atoms with Gasteiger partial charge in [-0.2, -0.15) is 0 Å². The van der Waals surface area contributed by atoms with Gasteiger partial charge in [0, 0.05) is 2290 Å². The van der Waals surface area contributed by atoms with Gasteiger partial charge in [0.25, 0.3) is 0 Å². The van der Waals surface area contributed by atoms with Crippen LogP contribution in [0.5, 0.6) is 0 Å². The average molecular weight is 19900 g/mol. The molecule has 0 spiro atoms. The fraction of sp³-hybridized carbons (Fsp3) is 0. The minimum atomic E-state index is 0. The molecule has 0 aliphatic rings. The molecule has 0 N–H and O–H groups in total. The summed E-state index contributed by atoms with van der Waals surface area (Å²) < 4.78 is 0. The fourth-order valence-electron chi connectivity index (χ4n) is 0. The predicted octanol–water partition coefficient (Wildman–Crippen LogP) is -0.268. The van der Waals surface area contributed by atoms with E-state index in [1.54, 1.807) is 0 Å². The fourth-order valence-corrected chi connectivity index (χ4v) is 0. The third-order valence-electron chi connectivity index (χ3n) is 0. The molecule has 0 radical (unpaired) electrons. The Hall–Kier alpha value is 74.7. The maximum atomic E-state index is 0. The molecule has 0 fully saturated rings. The molecule has 0 aliphatic carbocycles. The monoisotopic (exact) mass is 19900 g/mol. The van der Waals surface area contributed by atoms with Crippen molar-refractivity contribution in [3.05, 3.63) is 0 Å². The molecule has 0 aromatic heterocycles. The van der Waals surface area contributed by atoms with Crippen LogP contribution in [0.25, 0.3) is 0 Å². The largest absolute Gasteiger partial charge is 0 e. The standard InChI is InChI=1S/U.107W. The van der Waals surface area contributed by atoms with Crippen LogP contribution < -0.4 is 0 Å². The average Bonchev–Trinajstić information content (AvgIpc) is 0. The van der Waals surface area contributed by atoms with Crippen LogP contribution >= 0.6 is 0 Å². The van der Waals surface area contributed by atoms with Gasteiger partial charge in [0.2, 0.25) is 0 Å². The molecule has 0 atom stereocenters. The molecule has 0 nitrogen and oxygen atoms in total. The topological polar surface area (TPSA) is 0 Å². The molecule has 108 heavy (non-hydrogen) atoms. The first-order valence-corrected chi connectivity index (χ1v) is 0. The third kappa shape index (κ3) is 1050. The van der Waals surface area contributed by atoms with Crippen LogP contribution in [0.2, 0.25) is 0 Å². The molecule has 0 heterocycles. The SMILES string of the molecule is [U].[W].[W].[W].[W].[W].[W].[W].[W].[W].[W].[W].[W].[W].[W].[W].[W].[W].[W].[W].[W].[W].[W].[W].[W].[W].[W].[W].[W].[W].[W].[W].[W].[W].[W].[W].[W].[W].[W].[W].[W].[W].[W].[W].[W].[W].[W].[W].[W].[W].[W].[W].[W].[W].[W].[W].[W].[W].[W].[W].[W].[W].[W].[W].[W].[W].[W].[W].[W].[W].[W].[W].[W].[W].[W].[W].[W].[W].[W].[W].[W].[W].[W].[W].[W].[W].[W].[W].[W].[W].[W].[W].[W].[W].[W].[W].[W].[W].[W].[W].[W].[W].[W].[W].[W].[W].[W].[W]. The van der Waals surface area contributed by atoms with E-state index in [0.29, 0.717) is 0 Å². The molecule has 0 rings (SSSR count). The van der Waals surface area contributed by atoms with Gasteiger partial charge in [-0.05, 0) is 0 Å². The number of hydrogen-bond acceptors (Lipinski definition) is 0. The minimum absolute atomic E-state index is 0. The molecule has 108 heteroatoms. The molecule has 0 unspecified atom stereocenters. The van der Waals surface area contributed by atoms with Gasteiger partial charge in [0.15, 0.2) is 0 Å². The summed E-state index contributed by atoms with van der Waals surface area (Å²) in [6, 6.07) is 0. The van der Waals surface area contributed by atoms with Crippen LogP contribution in [0.4, 0.5) is 0 Å². The van der Waals surface area contributed by atoms with Crippen molar-refractivity contribution >= 4 is 0 Å². The van der Waals surface area contributed by atoms with Crippen molar-refractivity contribution in [1.82, 2.24) is 0 Å². The Kier molecular flexibility index (Phi) is 10600. The van der Waals surface area contributed by atoms with E-state index in [2.05, 4.69) is 0 Å². The Morgan fingerprint density at radius 3 is 0.0185 bits per heavy atom. The van der Waals surface area contributed by atoms with E-state index in [9.17, 15) is 0 Å². The van der Waals surface area contributed by atoms with Gasteiger partial charge < -0.3 is 0 Å². The summed E-state index contributed by atoms with van der Waals surface area (Å²) in [5, 5.41) is 0. The van der Waals surface area contributed by atoms with Crippen molar-refractivity contribution in [2.75, 3.05) is 0 Å². The Balaban J connectivity index is 0. The Morgan fingerprint density at radius 2 is 0.0185 bits per heavy atom. The van der Waals surface area contributed by atoms with E-state index in [1.165, 1.54) is 0 Å². The summed E-state index contributed by atoms with van der Waals surface area (Å²) in [4.78, 5) is 0. The van der Waals surface area contributed by atoms with Crippen molar-refractivity contribution in [2.45, 2.75) is 0 Å². The van der Waals surface area contributed by atoms with E-state index >= 15 is 0 Å². The van der Waals surface area contributed by atoms with Gasteiger partial charge in [0.1, 0.15) is 0 Å². The summed E-state index contributed by atoms with van der Waals surface area (Å²) in [6.45, 7) is 0. The summed E-state index contributed by atoms with van der Waals surface area (Å²) in [5.41, 5.74) is 0. The van der Waals surface area contributed by atoms with Gasteiger partial charge in [-0.15, -0.1) is 0 Å². The van der Waals surface area contributed by atoms with E-state index in [1.807, 2.05) is 0 Å². The molecule has 646 valence electrons. The van der Waals surface area contributed by atoms with Gasteiger partial charge in [-0.1, -0.05) is 0 Å². The number of hydrogen-bond donors (Lipinski definition) is 0. The second-order valence-corrected chi connectivity index (χ2v) is 0. The maximum Gasteiger partial charge on any atom is 0 e. The smallest absolute Gasteiger partial charge is 0 e. The summed E-state index contributed by atoms with van der Waals surface area (Å²) in [7, 11) is 0. The summed E-state index contributed by atoms with van der Waals surface area (Å²) in [6.07, 6.45) is 0. The Labute approximate surface area is 2210 Å². The van der Waals surface area contributed by atoms with Gasteiger partial charge >= 0.3 is 0 Å². The van der Waals surface area contributed by atoms with E-state index in [4.69, 9.17) is 0 Å². The molecule has 0 saturated carbocycles. The molecule has 0 saturated heterocycles. The molecular formula is UW107. The predicted molar refractivity (Wildman–Crippen MR) is 0 cm³/mol. The Morgan fingerprint density at radius 1 is 0.0185 bits per heavy atom. The maximum absolute atomic E-state index is 0. The van der Waals surface area contributed by atoms with Crippen LogP contribution in [-0.2, 0) is 2250 Å². The zero-order valence-corrected chi connectivity index (χ0v) is 362. The third-order valence-corrected chi connectivity index (χ3v) is 0. The van der Waals surface area contributed by atoms with Gasteiger partial charge in [-0.3, -0.25) is 0 Å². The van der Waals surface area contributed by atoms with Crippen LogP contribution in [0.1, 0.15) is 0 Å². The molecule has 0 amide bonds. The van der Waals surface area contributed by atoms with Gasteiger partial charge in [-0.25, -0.2) is 0 Å². The number of rotatable bonds is 0. The van der Waals surface area contributed by atoms with Crippen molar-refractivity contribution in [3.8, 4) is 0 Å². The van der Waals surface area contributed by atoms with E-state index in [0.717, 1.165) is 0 Å². The molecule has 0 aliphatic heterocycles. The zero-order chi connectivity index (χ0) is 0. The molecule has 0 aromatic carbocycles. The van der Waals surface area contributed by atoms with E-state index < -0.39 is 0 Å². The van der Waals surface area contributed by atoms with Crippen LogP contribution in [0.15, 0.2) is 0 Å². The summed E-state index contributed by atoms with van der Waals surface area (Å²) in [5.74, 6) is 0.